The van der Waals surface area contributed by atoms with E-state index < -0.39 is 0 Å². The molecule has 0 spiro atoms. The van der Waals surface area contributed by atoms with Gasteiger partial charge in [-0.25, -0.2) is 4.99 Å². The zero-order valence-corrected chi connectivity index (χ0v) is 13.2. The van der Waals surface area contributed by atoms with Gasteiger partial charge < -0.3 is 19.4 Å². The molecule has 0 saturated heterocycles. The highest BCUT2D eigenvalue weighted by molar-refractivity contribution is 5.79. The van der Waals surface area contributed by atoms with Gasteiger partial charge in [-0.1, -0.05) is 18.2 Å². The maximum absolute atomic E-state index is 5.71. The molecule has 2 rings (SSSR count). The van der Waals surface area contributed by atoms with E-state index in [1.807, 2.05) is 49.5 Å². The largest absolute Gasteiger partial charge is 0.492 e. The van der Waals surface area contributed by atoms with Crippen LogP contribution in [-0.4, -0.2) is 37.6 Å². The van der Waals surface area contributed by atoms with Crippen molar-refractivity contribution in [1.82, 2.24) is 10.2 Å². The van der Waals surface area contributed by atoms with Crippen LogP contribution < -0.4 is 10.1 Å². The second-order valence-corrected chi connectivity index (χ2v) is 4.83. The number of ether oxygens (including phenoxy) is 1. The van der Waals surface area contributed by atoms with Gasteiger partial charge in [0.05, 0.1) is 12.8 Å². The third-order valence-corrected chi connectivity index (χ3v) is 3.10. The minimum absolute atomic E-state index is 0.527. The van der Waals surface area contributed by atoms with E-state index in [1.54, 1.807) is 6.26 Å². The summed E-state index contributed by atoms with van der Waals surface area (Å²) in [6.45, 7) is 4.75. The van der Waals surface area contributed by atoms with Gasteiger partial charge in [0.1, 0.15) is 24.7 Å². The molecule has 1 N–H and O–H groups in total. The Balaban J connectivity index is 1.83. The van der Waals surface area contributed by atoms with E-state index in [1.165, 1.54) is 0 Å². The first-order valence-electron chi connectivity index (χ1n) is 7.49. The Hall–Kier alpha value is -2.43. The molecule has 0 amide bonds. The zero-order valence-electron chi connectivity index (χ0n) is 13.2. The molecule has 1 aromatic carbocycles. The molecule has 5 nitrogen and oxygen atoms in total. The molecule has 5 heteroatoms. The summed E-state index contributed by atoms with van der Waals surface area (Å²) in [7, 11) is 2.00. The lowest BCUT2D eigenvalue weighted by Crippen LogP contribution is -2.40. The maximum Gasteiger partial charge on any atom is 0.194 e. The number of nitrogens with one attached hydrogen (secondary N) is 1. The lowest BCUT2D eigenvalue weighted by atomic mass is 10.3. The van der Waals surface area contributed by atoms with Crippen LogP contribution in [0.15, 0.2) is 58.1 Å². The summed E-state index contributed by atoms with van der Waals surface area (Å²) in [4.78, 5) is 6.61. The lowest BCUT2D eigenvalue weighted by Gasteiger charge is -2.22. The molecular weight excluding hydrogens is 278 g/mol. The molecule has 0 aliphatic rings. The summed E-state index contributed by atoms with van der Waals surface area (Å²) in [5.74, 6) is 2.58. The van der Waals surface area contributed by atoms with Crippen LogP contribution in [0.1, 0.15) is 12.7 Å². The first-order chi connectivity index (χ1) is 10.8. The van der Waals surface area contributed by atoms with Gasteiger partial charge in [0, 0.05) is 13.6 Å². The maximum atomic E-state index is 5.71. The number of benzene rings is 1. The Morgan fingerprint density at radius 3 is 2.73 bits per heavy atom. The number of likely N-dealkylation sites (N-methyl/N-ethyl adjacent to an activating group) is 1. The summed E-state index contributed by atoms with van der Waals surface area (Å²) in [5.41, 5.74) is 0. The summed E-state index contributed by atoms with van der Waals surface area (Å²) in [6, 6.07) is 13.6. The van der Waals surface area contributed by atoms with Crippen LogP contribution in [0.25, 0.3) is 0 Å². The van der Waals surface area contributed by atoms with Crippen molar-refractivity contribution in [3.05, 3.63) is 54.5 Å². The predicted molar refractivity (Wildman–Crippen MR) is 88.1 cm³/mol. The number of nitrogens with zero attached hydrogens (tertiary/aromatic N) is 2. The predicted octanol–water partition coefficient (Wildman–Crippen LogP) is 2.76. The van der Waals surface area contributed by atoms with Gasteiger partial charge in [0.15, 0.2) is 5.96 Å². The average Bonchev–Trinajstić information content (AvgIpc) is 3.05. The van der Waals surface area contributed by atoms with Crippen molar-refractivity contribution in [1.29, 1.82) is 0 Å². The van der Waals surface area contributed by atoms with Crippen LogP contribution in [-0.2, 0) is 6.54 Å². The van der Waals surface area contributed by atoms with Gasteiger partial charge >= 0.3 is 0 Å². The monoisotopic (exact) mass is 301 g/mol. The van der Waals surface area contributed by atoms with E-state index in [0.717, 1.165) is 30.6 Å². The van der Waals surface area contributed by atoms with Crippen molar-refractivity contribution < 1.29 is 9.15 Å². The summed E-state index contributed by atoms with van der Waals surface area (Å²) in [6.07, 6.45) is 1.66. The summed E-state index contributed by atoms with van der Waals surface area (Å²) >= 11 is 0. The molecule has 0 radical (unpaired) electrons. The van der Waals surface area contributed by atoms with Crippen LogP contribution in [0, 0.1) is 0 Å². The molecule has 0 unspecified atom stereocenters. The van der Waals surface area contributed by atoms with Crippen LogP contribution in [0.3, 0.4) is 0 Å². The second-order valence-electron chi connectivity index (χ2n) is 4.83. The first-order valence-corrected chi connectivity index (χ1v) is 7.49. The lowest BCUT2D eigenvalue weighted by molar-refractivity contribution is 0.281. The molecule has 2 aromatic rings. The van der Waals surface area contributed by atoms with Gasteiger partial charge in [-0.05, 0) is 31.2 Å². The Kier molecular flexibility index (Phi) is 6.36. The number of furan rings is 1. The number of guanidine groups is 1. The second kappa shape index (κ2) is 8.77. The molecule has 118 valence electrons. The minimum Gasteiger partial charge on any atom is -0.492 e. The zero-order chi connectivity index (χ0) is 15.6. The van der Waals surface area contributed by atoms with E-state index in [9.17, 15) is 0 Å². The van der Waals surface area contributed by atoms with Crippen molar-refractivity contribution in [3.8, 4) is 5.75 Å². The van der Waals surface area contributed by atoms with Crippen molar-refractivity contribution in [2.24, 2.45) is 4.99 Å². The standard InChI is InChI=1S/C17H23N3O2/c1-3-18-17(19-14-16-10-7-12-21-16)20(2)11-13-22-15-8-5-4-6-9-15/h4-10,12H,3,11,13-14H2,1-2H3,(H,18,19). The molecule has 1 heterocycles. The smallest absolute Gasteiger partial charge is 0.194 e. The Morgan fingerprint density at radius 2 is 2.05 bits per heavy atom. The van der Waals surface area contributed by atoms with Gasteiger partial charge in [0.2, 0.25) is 0 Å². The van der Waals surface area contributed by atoms with Crippen molar-refractivity contribution in [2.75, 3.05) is 26.7 Å². The Morgan fingerprint density at radius 1 is 1.23 bits per heavy atom. The van der Waals surface area contributed by atoms with Crippen LogP contribution >= 0.6 is 0 Å². The fourth-order valence-corrected chi connectivity index (χ4v) is 1.95. The SMILES string of the molecule is CCNC(=NCc1ccco1)N(C)CCOc1ccccc1. The van der Waals surface area contributed by atoms with E-state index in [4.69, 9.17) is 9.15 Å². The van der Waals surface area contributed by atoms with Crippen LogP contribution in [0.2, 0.25) is 0 Å². The molecule has 0 aliphatic heterocycles. The van der Waals surface area contributed by atoms with Crippen molar-refractivity contribution in [3.63, 3.8) is 0 Å². The molecule has 0 fully saturated rings. The fourth-order valence-electron chi connectivity index (χ4n) is 1.95. The molecule has 0 atom stereocenters. The topological polar surface area (TPSA) is 50.0 Å². The number of aliphatic imine (C=N–C) groups is 1. The fraction of sp³-hybridized carbons (Fsp3) is 0.353. The minimum atomic E-state index is 0.527. The Labute approximate surface area is 131 Å². The summed E-state index contributed by atoms with van der Waals surface area (Å²) < 4.78 is 11.0. The number of hydrogen-bond acceptors (Lipinski definition) is 3. The molecule has 1 aromatic heterocycles. The third-order valence-electron chi connectivity index (χ3n) is 3.10. The number of para-hydroxylation sites is 1. The van der Waals surface area contributed by atoms with Crippen LogP contribution in [0.5, 0.6) is 5.75 Å². The Bertz CT molecular complexity index is 553. The van der Waals surface area contributed by atoms with Gasteiger partial charge in [-0.15, -0.1) is 0 Å². The van der Waals surface area contributed by atoms with E-state index in [2.05, 4.69) is 22.1 Å². The van der Waals surface area contributed by atoms with E-state index in [0.29, 0.717) is 13.2 Å². The van der Waals surface area contributed by atoms with E-state index >= 15 is 0 Å². The number of rotatable bonds is 7. The third kappa shape index (κ3) is 5.16. The molecule has 0 saturated carbocycles. The van der Waals surface area contributed by atoms with E-state index in [-0.39, 0.29) is 0 Å². The van der Waals surface area contributed by atoms with Crippen LogP contribution in [0.4, 0.5) is 0 Å². The first kappa shape index (κ1) is 15.9. The highest BCUT2D eigenvalue weighted by Crippen LogP contribution is 2.08. The van der Waals surface area contributed by atoms with Crippen molar-refractivity contribution in [2.45, 2.75) is 13.5 Å². The average molecular weight is 301 g/mol. The molecule has 0 bridgehead atoms. The van der Waals surface area contributed by atoms with Gasteiger partial charge in [-0.3, -0.25) is 0 Å². The molecule has 0 aliphatic carbocycles. The van der Waals surface area contributed by atoms with Gasteiger partial charge in [0.25, 0.3) is 0 Å². The molecule has 22 heavy (non-hydrogen) atoms. The molecular formula is C17H23N3O2. The highest BCUT2D eigenvalue weighted by Gasteiger charge is 2.06. The quantitative estimate of drug-likeness (QED) is 0.631. The van der Waals surface area contributed by atoms with Gasteiger partial charge in [-0.2, -0.15) is 0 Å². The normalized spacial score (nSPS) is 11.3. The highest BCUT2D eigenvalue weighted by atomic mass is 16.5. The number of hydrogen-bond donors (Lipinski definition) is 1. The summed E-state index contributed by atoms with van der Waals surface area (Å²) in [5, 5.41) is 3.27. The van der Waals surface area contributed by atoms with Crippen molar-refractivity contribution >= 4 is 5.96 Å².